The van der Waals surface area contributed by atoms with Crippen molar-refractivity contribution in [3.8, 4) is 5.92 Å². The number of hydrogen-bond acceptors (Lipinski definition) is 0. The zero-order valence-corrected chi connectivity index (χ0v) is 7.54. The van der Waals surface area contributed by atoms with Crippen LogP contribution in [0.5, 0.6) is 0 Å². The Morgan fingerprint density at radius 1 is 0.923 bits per heavy atom. The van der Waals surface area contributed by atoms with Gasteiger partial charge in [-0.2, -0.15) is 0 Å². The predicted molar refractivity (Wildman–Crippen MR) is 50.2 cm³/mol. The Bertz CT molecular complexity index is 452. The smallest absolute Gasteiger partial charge is 0.366 e. The summed E-state index contributed by atoms with van der Waals surface area (Å²) in [7, 11) is 0. The van der Waals surface area contributed by atoms with Crippen LogP contribution in [0.15, 0.2) is 42.5 Å². The van der Waals surface area contributed by atoms with Gasteiger partial charge in [-0.3, -0.25) is 5.92 Å². The molecule has 0 radical (unpaired) electrons. The molecule has 1 heteroatoms. The van der Waals surface area contributed by atoms with E-state index < -0.39 is 0 Å². The predicted octanol–water partition coefficient (Wildman–Crippen LogP) is -0.218. The van der Waals surface area contributed by atoms with Crippen molar-refractivity contribution in [1.29, 1.82) is 0 Å². The quantitative estimate of drug-likeness (QED) is 0.282. The summed E-state index contributed by atoms with van der Waals surface area (Å²) in [6.07, 6.45) is 6.97. The van der Waals surface area contributed by atoms with Crippen molar-refractivity contribution in [3.05, 3.63) is 54.5 Å². The Kier molecular flexibility index (Phi) is 3.21. The second-order valence-electron chi connectivity index (χ2n) is 2.69. The van der Waals surface area contributed by atoms with Crippen LogP contribution in [-0.2, 0) is 0 Å². The summed E-state index contributed by atoms with van der Waals surface area (Å²) in [6.45, 7) is 0. The summed E-state index contributed by atoms with van der Waals surface area (Å²) in [4.78, 5) is 0. The van der Waals surface area contributed by atoms with Crippen LogP contribution in [0.1, 0.15) is 5.56 Å². The van der Waals surface area contributed by atoms with E-state index in [9.17, 15) is 0 Å². The van der Waals surface area contributed by atoms with Crippen molar-refractivity contribution >= 4 is 10.8 Å². The molecular weight excluding hydrogens is 151 g/mol. The van der Waals surface area contributed by atoms with E-state index in [-0.39, 0.29) is 18.9 Å². The van der Waals surface area contributed by atoms with E-state index in [2.05, 4.69) is 12.0 Å². The van der Waals surface area contributed by atoms with Crippen LogP contribution in [0.3, 0.4) is 0 Å². The molecule has 0 saturated carbocycles. The van der Waals surface area contributed by atoms with Crippen LogP contribution < -0.4 is 18.9 Å². The monoisotopic (exact) mass is 158 g/mol. The fourth-order valence-electron chi connectivity index (χ4n) is 1.27. The van der Waals surface area contributed by atoms with E-state index in [1.807, 2.05) is 36.4 Å². The minimum atomic E-state index is 0. The molecule has 0 aliphatic heterocycles. The molecule has 56 valence electrons. The van der Waals surface area contributed by atoms with E-state index in [1.54, 1.807) is 0 Å². The van der Waals surface area contributed by atoms with E-state index in [4.69, 9.17) is 6.42 Å². The summed E-state index contributed by atoms with van der Waals surface area (Å²) < 4.78 is 0. The zero-order valence-electron chi connectivity index (χ0n) is 7.54. The Morgan fingerprint density at radius 3 is 2.31 bits per heavy atom. The number of fused-ring (bicyclic) bond motifs is 1. The second kappa shape index (κ2) is 4.20. The molecule has 0 atom stereocenters. The number of rotatable bonds is 0. The summed E-state index contributed by atoms with van der Waals surface area (Å²) in [5.74, 6) is 2.37. The van der Waals surface area contributed by atoms with Gasteiger partial charge in [-0.25, -0.2) is 0 Å². The molecule has 2 aromatic rings. The van der Waals surface area contributed by atoms with Crippen LogP contribution in [-0.4, -0.2) is 0 Å². The first-order valence-electron chi connectivity index (χ1n) is 3.82. The molecule has 0 aliphatic carbocycles. The van der Waals surface area contributed by atoms with Crippen LogP contribution >= 0.6 is 0 Å². The van der Waals surface area contributed by atoms with Gasteiger partial charge in [0.15, 0.2) is 0 Å². The molecule has 0 unspecified atom stereocenters. The molecule has 13 heavy (non-hydrogen) atoms. The van der Waals surface area contributed by atoms with E-state index in [0.29, 0.717) is 0 Å². The zero-order chi connectivity index (χ0) is 8.39. The maximum absolute atomic E-state index is 6.97. The molecule has 0 N–H and O–H groups in total. The van der Waals surface area contributed by atoms with Gasteiger partial charge in [0.25, 0.3) is 0 Å². The molecule has 0 aromatic heterocycles. The summed E-state index contributed by atoms with van der Waals surface area (Å²) >= 11 is 0. The van der Waals surface area contributed by atoms with Crippen molar-refractivity contribution in [2.75, 3.05) is 0 Å². The average molecular weight is 158 g/mol. The van der Waals surface area contributed by atoms with Gasteiger partial charge in [0.05, 0.1) is 0 Å². The van der Waals surface area contributed by atoms with E-state index in [0.717, 1.165) is 10.9 Å². The van der Waals surface area contributed by atoms with Gasteiger partial charge in [-0.05, 0) is 10.8 Å². The second-order valence-corrected chi connectivity index (χ2v) is 2.69. The molecule has 0 fully saturated rings. The maximum atomic E-state index is 6.97. The normalized spacial score (nSPS) is 8.85. The van der Waals surface area contributed by atoms with Gasteiger partial charge in [-0.15, -0.1) is 17.7 Å². The SMILES string of the molecule is [C-]#Cc1ccc2ccccc2c1.[Li+]. The van der Waals surface area contributed by atoms with Crippen molar-refractivity contribution in [1.82, 2.24) is 0 Å². The van der Waals surface area contributed by atoms with Gasteiger partial charge < -0.3 is 6.42 Å². The molecule has 0 spiro atoms. The number of benzene rings is 2. The summed E-state index contributed by atoms with van der Waals surface area (Å²) in [6, 6.07) is 14.0. The molecule has 0 heterocycles. The summed E-state index contributed by atoms with van der Waals surface area (Å²) in [5.41, 5.74) is 0.828. The minimum Gasteiger partial charge on any atom is -0.366 e. The molecule has 0 aliphatic rings. The first-order valence-corrected chi connectivity index (χ1v) is 3.82. The first-order chi connectivity index (χ1) is 5.90. The molecule has 0 nitrogen and oxygen atoms in total. The van der Waals surface area contributed by atoms with Gasteiger partial charge in [0, 0.05) is 0 Å². The maximum Gasteiger partial charge on any atom is 1.00 e. The van der Waals surface area contributed by atoms with Gasteiger partial charge in [-0.1, -0.05) is 30.3 Å². The average Bonchev–Trinajstić information content (AvgIpc) is 2.17. The Labute approximate surface area is 90.1 Å². The Hall–Kier alpha value is -1.14. The van der Waals surface area contributed by atoms with Crippen LogP contribution in [0.25, 0.3) is 10.8 Å². The number of hydrogen-bond donors (Lipinski definition) is 0. The van der Waals surface area contributed by atoms with Gasteiger partial charge in [0.1, 0.15) is 0 Å². The van der Waals surface area contributed by atoms with Gasteiger partial charge >= 0.3 is 18.9 Å². The van der Waals surface area contributed by atoms with E-state index in [1.165, 1.54) is 5.39 Å². The molecule has 0 amide bonds. The van der Waals surface area contributed by atoms with Crippen LogP contribution in [0, 0.1) is 12.3 Å². The minimum absolute atomic E-state index is 0. The first kappa shape index (κ1) is 9.94. The van der Waals surface area contributed by atoms with Crippen molar-refractivity contribution in [2.24, 2.45) is 0 Å². The van der Waals surface area contributed by atoms with Crippen molar-refractivity contribution in [2.45, 2.75) is 0 Å². The Morgan fingerprint density at radius 2 is 1.62 bits per heavy atom. The molecular formula is C12H7Li. The molecule has 0 saturated heterocycles. The topological polar surface area (TPSA) is 0 Å². The van der Waals surface area contributed by atoms with E-state index >= 15 is 0 Å². The summed E-state index contributed by atoms with van der Waals surface area (Å²) in [5, 5.41) is 2.37. The largest absolute Gasteiger partial charge is 1.00 e. The molecule has 2 aromatic carbocycles. The molecule has 0 bridgehead atoms. The van der Waals surface area contributed by atoms with Crippen LogP contribution in [0.2, 0.25) is 0 Å². The Balaban J connectivity index is 0.000000845. The third-order valence-corrected chi connectivity index (χ3v) is 1.89. The third kappa shape index (κ3) is 1.96. The fourth-order valence-corrected chi connectivity index (χ4v) is 1.27. The molecule has 2 rings (SSSR count). The standard InChI is InChI=1S/C12H7.Li/c1-2-10-7-8-11-5-3-4-6-12(11)9-10;/h3-9H;/q-1;+1. The van der Waals surface area contributed by atoms with Crippen LogP contribution in [0.4, 0.5) is 0 Å². The van der Waals surface area contributed by atoms with Crippen molar-refractivity contribution < 1.29 is 18.9 Å². The fraction of sp³-hybridized carbons (Fsp3) is 0. The van der Waals surface area contributed by atoms with Crippen molar-refractivity contribution in [3.63, 3.8) is 0 Å². The van der Waals surface area contributed by atoms with Gasteiger partial charge in [0.2, 0.25) is 0 Å². The third-order valence-electron chi connectivity index (χ3n) is 1.89.